The summed E-state index contributed by atoms with van der Waals surface area (Å²) in [6.07, 6.45) is 1.56. The number of rotatable bonds is 2. The van der Waals surface area contributed by atoms with E-state index in [1.807, 2.05) is 6.92 Å². The summed E-state index contributed by atoms with van der Waals surface area (Å²) in [5, 5.41) is 9.00. The zero-order chi connectivity index (χ0) is 12.4. The first-order valence-electron chi connectivity index (χ1n) is 5.52. The number of aliphatic carboxylic acids is 1. The molecule has 0 saturated carbocycles. The lowest BCUT2D eigenvalue weighted by molar-refractivity contribution is -0.142. The Hall–Kier alpha value is -1.91. The maximum absolute atomic E-state index is 12.0. The normalized spacial score (nSPS) is 23.7. The van der Waals surface area contributed by atoms with Gasteiger partial charge in [-0.2, -0.15) is 0 Å². The van der Waals surface area contributed by atoms with Gasteiger partial charge in [0.05, 0.1) is 5.92 Å². The van der Waals surface area contributed by atoms with Gasteiger partial charge in [0.15, 0.2) is 0 Å². The summed E-state index contributed by atoms with van der Waals surface area (Å²) in [6, 6.07) is 5.12. The Balaban J connectivity index is 2.11. The number of aromatic nitrogens is 1. The molecule has 0 bridgehead atoms. The summed E-state index contributed by atoms with van der Waals surface area (Å²) in [5.41, 5.74) is 0.366. The van der Waals surface area contributed by atoms with Gasteiger partial charge in [0.2, 0.25) is 0 Å². The van der Waals surface area contributed by atoms with Crippen LogP contribution in [-0.4, -0.2) is 40.0 Å². The SMILES string of the molecule is CC1CN(C(=O)c2ccccn2)CC1C(=O)O. The lowest BCUT2D eigenvalue weighted by Gasteiger charge is -2.14. The smallest absolute Gasteiger partial charge is 0.308 e. The number of hydrogen-bond acceptors (Lipinski definition) is 3. The maximum Gasteiger partial charge on any atom is 0.308 e. The lowest BCUT2D eigenvalue weighted by Crippen LogP contribution is -2.30. The van der Waals surface area contributed by atoms with E-state index in [9.17, 15) is 9.59 Å². The fourth-order valence-electron chi connectivity index (χ4n) is 2.11. The molecule has 17 heavy (non-hydrogen) atoms. The van der Waals surface area contributed by atoms with Crippen molar-refractivity contribution in [2.24, 2.45) is 11.8 Å². The quantitative estimate of drug-likeness (QED) is 0.824. The van der Waals surface area contributed by atoms with E-state index >= 15 is 0 Å². The van der Waals surface area contributed by atoms with Crippen LogP contribution < -0.4 is 0 Å². The first kappa shape index (κ1) is 11.6. The second-order valence-corrected chi connectivity index (χ2v) is 4.35. The summed E-state index contributed by atoms with van der Waals surface area (Å²) in [5.74, 6) is -1.52. The van der Waals surface area contributed by atoms with Crippen LogP contribution in [0.1, 0.15) is 17.4 Å². The molecule has 1 aliphatic rings. The van der Waals surface area contributed by atoms with E-state index in [1.165, 1.54) is 0 Å². The number of carboxylic acid groups (broad SMARTS) is 1. The van der Waals surface area contributed by atoms with Gasteiger partial charge < -0.3 is 10.0 Å². The van der Waals surface area contributed by atoms with Gasteiger partial charge in [-0.1, -0.05) is 13.0 Å². The Bertz CT molecular complexity index is 433. The van der Waals surface area contributed by atoms with Gasteiger partial charge in [0.1, 0.15) is 5.69 Å². The fourth-order valence-corrected chi connectivity index (χ4v) is 2.11. The highest BCUT2D eigenvalue weighted by Crippen LogP contribution is 2.24. The minimum absolute atomic E-state index is 0.0137. The highest BCUT2D eigenvalue weighted by Gasteiger charge is 2.37. The standard InChI is InChI=1S/C12H14N2O3/c1-8-6-14(7-9(8)12(16)17)11(15)10-4-2-3-5-13-10/h2-5,8-9H,6-7H2,1H3,(H,16,17). The topological polar surface area (TPSA) is 70.5 Å². The number of hydrogen-bond donors (Lipinski definition) is 1. The molecule has 1 amide bonds. The van der Waals surface area contributed by atoms with Crippen LogP contribution in [0.5, 0.6) is 0 Å². The van der Waals surface area contributed by atoms with Crippen molar-refractivity contribution in [3.8, 4) is 0 Å². The average molecular weight is 234 g/mol. The van der Waals surface area contributed by atoms with Crippen molar-refractivity contribution in [1.29, 1.82) is 0 Å². The Labute approximate surface area is 99.1 Å². The molecule has 2 atom stereocenters. The minimum atomic E-state index is -0.839. The van der Waals surface area contributed by atoms with Crippen molar-refractivity contribution in [3.63, 3.8) is 0 Å². The molecule has 1 aromatic rings. The molecule has 0 radical (unpaired) electrons. The number of nitrogens with zero attached hydrogens (tertiary/aromatic N) is 2. The first-order valence-corrected chi connectivity index (χ1v) is 5.52. The molecule has 90 valence electrons. The highest BCUT2D eigenvalue weighted by molar-refractivity contribution is 5.93. The van der Waals surface area contributed by atoms with Gasteiger partial charge >= 0.3 is 5.97 Å². The minimum Gasteiger partial charge on any atom is -0.481 e. The number of amides is 1. The third kappa shape index (κ3) is 2.27. The van der Waals surface area contributed by atoms with Crippen molar-refractivity contribution in [2.45, 2.75) is 6.92 Å². The Morgan fingerprint density at radius 3 is 2.71 bits per heavy atom. The molecular formula is C12H14N2O3. The molecule has 1 aromatic heterocycles. The predicted molar refractivity (Wildman–Crippen MR) is 60.4 cm³/mol. The van der Waals surface area contributed by atoms with Gasteiger partial charge in [-0.05, 0) is 18.1 Å². The summed E-state index contributed by atoms with van der Waals surface area (Å²) in [7, 11) is 0. The number of carbonyl (C=O) groups is 2. The largest absolute Gasteiger partial charge is 0.481 e. The number of carboxylic acids is 1. The van der Waals surface area contributed by atoms with Crippen molar-refractivity contribution >= 4 is 11.9 Å². The molecular weight excluding hydrogens is 220 g/mol. The van der Waals surface area contributed by atoms with Gasteiger partial charge in [-0.3, -0.25) is 14.6 Å². The summed E-state index contributed by atoms with van der Waals surface area (Å²) in [6.45, 7) is 2.60. The van der Waals surface area contributed by atoms with E-state index in [1.54, 1.807) is 29.3 Å². The molecule has 0 aromatic carbocycles. The molecule has 1 saturated heterocycles. The molecule has 5 nitrogen and oxygen atoms in total. The second kappa shape index (κ2) is 4.53. The van der Waals surface area contributed by atoms with Crippen LogP contribution in [0, 0.1) is 11.8 Å². The van der Waals surface area contributed by atoms with E-state index in [0.717, 1.165) is 0 Å². The summed E-state index contributed by atoms with van der Waals surface area (Å²) >= 11 is 0. The molecule has 2 heterocycles. The number of pyridine rings is 1. The van der Waals surface area contributed by atoms with Gasteiger partial charge in [0.25, 0.3) is 5.91 Å². The molecule has 1 N–H and O–H groups in total. The third-order valence-electron chi connectivity index (χ3n) is 3.10. The van der Waals surface area contributed by atoms with E-state index in [0.29, 0.717) is 12.2 Å². The zero-order valence-corrected chi connectivity index (χ0v) is 9.54. The Morgan fingerprint density at radius 1 is 1.41 bits per heavy atom. The molecule has 5 heteroatoms. The lowest BCUT2D eigenvalue weighted by atomic mass is 9.99. The van der Waals surface area contributed by atoms with Crippen LogP contribution in [0.3, 0.4) is 0 Å². The molecule has 1 fully saturated rings. The van der Waals surface area contributed by atoms with Crippen molar-refractivity contribution in [3.05, 3.63) is 30.1 Å². The van der Waals surface area contributed by atoms with Crippen molar-refractivity contribution < 1.29 is 14.7 Å². The van der Waals surface area contributed by atoms with Crippen LogP contribution >= 0.6 is 0 Å². The Morgan fingerprint density at radius 2 is 2.18 bits per heavy atom. The Kier molecular flexibility index (Phi) is 3.08. The molecule has 1 aliphatic heterocycles. The molecule has 2 rings (SSSR count). The van der Waals surface area contributed by atoms with E-state index < -0.39 is 11.9 Å². The first-order chi connectivity index (χ1) is 8.09. The van der Waals surface area contributed by atoms with Gasteiger partial charge in [0, 0.05) is 19.3 Å². The fraction of sp³-hybridized carbons (Fsp3) is 0.417. The van der Waals surface area contributed by atoms with Crippen LogP contribution in [0.25, 0.3) is 0 Å². The summed E-state index contributed by atoms with van der Waals surface area (Å²) < 4.78 is 0. The molecule has 0 spiro atoms. The third-order valence-corrected chi connectivity index (χ3v) is 3.10. The van der Waals surface area contributed by atoms with Crippen LogP contribution in [0.2, 0.25) is 0 Å². The second-order valence-electron chi connectivity index (χ2n) is 4.35. The zero-order valence-electron chi connectivity index (χ0n) is 9.54. The summed E-state index contributed by atoms with van der Waals surface area (Å²) in [4.78, 5) is 28.5. The van der Waals surface area contributed by atoms with Gasteiger partial charge in [-0.25, -0.2) is 0 Å². The van der Waals surface area contributed by atoms with E-state index in [2.05, 4.69) is 4.98 Å². The van der Waals surface area contributed by atoms with Crippen molar-refractivity contribution in [2.75, 3.05) is 13.1 Å². The van der Waals surface area contributed by atoms with E-state index in [4.69, 9.17) is 5.11 Å². The van der Waals surface area contributed by atoms with Gasteiger partial charge in [-0.15, -0.1) is 0 Å². The van der Waals surface area contributed by atoms with Crippen LogP contribution in [0.15, 0.2) is 24.4 Å². The molecule has 2 unspecified atom stereocenters. The van der Waals surface area contributed by atoms with Crippen LogP contribution in [0.4, 0.5) is 0 Å². The average Bonchev–Trinajstić information content (AvgIpc) is 2.71. The molecule has 0 aliphatic carbocycles. The highest BCUT2D eigenvalue weighted by atomic mass is 16.4. The number of carbonyl (C=O) groups excluding carboxylic acids is 1. The maximum atomic E-state index is 12.0. The monoisotopic (exact) mass is 234 g/mol. The number of likely N-dealkylation sites (tertiary alicyclic amines) is 1. The van der Waals surface area contributed by atoms with Crippen LogP contribution in [-0.2, 0) is 4.79 Å². The predicted octanol–water partition coefficient (Wildman–Crippen LogP) is 0.874. The van der Waals surface area contributed by atoms with Crippen molar-refractivity contribution in [1.82, 2.24) is 9.88 Å². The van der Waals surface area contributed by atoms with E-state index in [-0.39, 0.29) is 18.4 Å².